The van der Waals surface area contributed by atoms with Crippen molar-refractivity contribution < 1.29 is 17.6 Å². The van der Waals surface area contributed by atoms with E-state index < -0.39 is 10.0 Å². The first-order chi connectivity index (χ1) is 16.2. The molecule has 2 unspecified atom stereocenters. The quantitative estimate of drug-likeness (QED) is 0.563. The monoisotopic (exact) mass is 484 g/mol. The molecule has 0 radical (unpaired) electrons. The van der Waals surface area contributed by atoms with E-state index in [1.165, 1.54) is 28.6 Å². The number of amides is 1. The minimum atomic E-state index is -3.67. The fourth-order valence-electron chi connectivity index (χ4n) is 4.41. The van der Waals surface area contributed by atoms with E-state index in [0.717, 1.165) is 30.5 Å². The number of piperidine rings is 1. The van der Waals surface area contributed by atoms with Crippen LogP contribution in [0.2, 0.25) is 0 Å². The first-order valence-electron chi connectivity index (χ1n) is 11.4. The molecule has 180 valence electrons. The molecule has 7 nitrogen and oxygen atoms in total. The third-order valence-electron chi connectivity index (χ3n) is 6.38. The van der Waals surface area contributed by atoms with Gasteiger partial charge >= 0.3 is 0 Å². The number of nitrogens with one attached hydrogen (secondary N) is 1. The van der Waals surface area contributed by atoms with Crippen molar-refractivity contribution in [3.63, 3.8) is 0 Å². The molecule has 1 aliphatic heterocycles. The number of halogens is 1. The number of sulfonamides is 1. The van der Waals surface area contributed by atoms with E-state index in [1.54, 1.807) is 35.1 Å². The number of aromatic nitrogens is 2. The Morgan fingerprint density at radius 3 is 2.62 bits per heavy atom. The lowest BCUT2D eigenvalue weighted by Crippen LogP contribution is -2.42. The molecule has 1 N–H and O–H groups in total. The molecule has 0 aliphatic carbocycles. The van der Waals surface area contributed by atoms with E-state index in [9.17, 15) is 17.6 Å². The van der Waals surface area contributed by atoms with Crippen LogP contribution in [0.25, 0.3) is 5.69 Å². The Kier molecular flexibility index (Phi) is 6.86. The van der Waals surface area contributed by atoms with Crippen LogP contribution in [0, 0.1) is 12.7 Å². The van der Waals surface area contributed by atoms with Crippen LogP contribution in [0.5, 0.6) is 0 Å². The minimum absolute atomic E-state index is 0.0584. The van der Waals surface area contributed by atoms with Gasteiger partial charge in [0.15, 0.2) is 0 Å². The van der Waals surface area contributed by atoms with Gasteiger partial charge in [-0.1, -0.05) is 12.5 Å². The topological polar surface area (TPSA) is 84.3 Å². The third-order valence-corrected chi connectivity index (χ3v) is 8.39. The summed E-state index contributed by atoms with van der Waals surface area (Å²) in [5.41, 5.74) is 2.62. The van der Waals surface area contributed by atoms with Crippen molar-refractivity contribution in [3.05, 3.63) is 77.4 Å². The van der Waals surface area contributed by atoms with Gasteiger partial charge in [-0.2, -0.15) is 9.40 Å². The number of hydrogen-bond acceptors (Lipinski definition) is 4. The molecule has 0 spiro atoms. The van der Waals surface area contributed by atoms with Crippen molar-refractivity contribution in [2.45, 2.75) is 57.0 Å². The molecular formula is C25H29FN4O3S. The lowest BCUT2D eigenvalue weighted by molar-refractivity contribution is 0.0939. The fraction of sp³-hybridized carbons (Fsp3) is 0.360. The van der Waals surface area contributed by atoms with Crippen LogP contribution in [0.15, 0.2) is 59.6 Å². The summed E-state index contributed by atoms with van der Waals surface area (Å²) in [7, 11) is -3.67. The van der Waals surface area contributed by atoms with E-state index in [0.29, 0.717) is 12.2 Å². The lowest BCUT2D eigenvalue weighted by atomic mass is 10.1. The average Bonchev–Trinajstić information content (AvgIpc) is 3.21. The minimum Gasteiger partial charge on any atom is -0.345 e. The first-order valence-corrected chi connectivity index (χ1v) is 12.9. The predicted molar refractivity (Wildman–Crippen MR) is 128 cm³/mol. The van der Waals surface area contributed by atoms with Crippen molar-refractivity contribution in [1.82, 2.24) is 19.4 Å². The molecule has 34 heavy (non-hydrogen) atoms. The Hall–Kier alpha value is -3.04. The van der Waals surface area contributed by atoms with Crippen LogP contribution in [0.3, 0.4) is 0 Å². The Morgan fingerprint density at radius 1 is 1.18 bits per heavy atom. The highest BCUT2D eigenvalue weighted by Gasteiger charge is 2.31. The second-order valence-electron chi connectivity index (χ2n) is 8.76. The van der Waals surface area contributed by atoms with Gasteiger partial charge in [-0.25, -0.2) is 17.5 Å². The molecule has 0 saturated carbocycles. The summed E-state index contributed by atoms with van der Waals surface area (Å²) in [6.45, 7) is 6.13. The average molecular weight is 485 g/mol. The maximum Gasteiger partial charge on any atom is 0.251 e. The predicted octanol–water partition coefficient (Wildman–Crippen LogP) is 4.37. The van der Waals surface area contributed by atoms with Crippen LogP contribution in [-0.2, 0) is 10.0 Å². The SMILES string of the molecule is Cc1c(C(C)NC(=O)c2cccc(S(=O)(=O)N3CCCCC3C)c2)cnn1-c1ccc(F)cc1. The molecule has 9 heteroatoms. The molecule has 1 amide bonds. The summed E-state index contributed by atoms with van der Waals surface area (Å²) < 4.78 is 42.8. The number of nitrogens with zero attached hydrogens (tertiary/aromatic N) is 3. The summed E-state index contributed by atoms with van der Waals surface area (Å²) in [6.07, 6.45) is 4.36. The molecule has 1 fully saturated rings. The Morgan fingerprint density at radius 2 is 1.91 bits per heavy atom. The summed E-state index contributed by atoms with van der Waals surface area (Å²) in [5, 5.41) is 7.31. The molecule has 4 rings (SSSR count). The molecule has 2 atom stereocenters. The molecule has 1 aliphatic rings. The smallest absolute Gasteiger partial charge is 0.251 e. The maximum atomic E-state index is 13.3. The van der Waals surface area contributed by atoms with Crippen LogP contribution < -0.4 is 5.32 Å². The number of hydrogen-bond donors (Lipinski definition) is 1. The van der Waals surface area contributed by atoms with Gasteiger partial charge in [0.05, 0.1) is 22.8 Å². The number of rotatable bonds is 6. The van der Waals surface area contributed by atoms with Crippen molar-refractivity contribution in [2.24, 2.45) is 0 Å². The zero-order chi connectivity index (χ0) is 24.5. The molecule has 2 heterocycles. The van der Waals surface area contributed by atoms with E-state index in [-0.39, 0.29) is 34.3 Å². The van der Waals surface area contributed by atoms with Gasteiger partial charge in [0.25, 0.3) is 5.91 Å². The molecule has 0 bridgehead atoms. The summed E-state index contributed by atoms with van der Waals surface area (Å²) >= 11 is 0. The Balaban J connectivity index is 1.52. The van der Waals surface area contributed by atoms with Crippen molar-refractivity contribution in [2.75, 3.05) is 6.54 Å². The molecule has 2 aromatic carbocycles. The molecule has 1 saturated heterocycles. The molecular weight excluding hydrogens is 455 g/mol. The van der Waals surface area contributed by atoms with Crippen LogP contribution in [0.1, 0.15) is 60.8 Å². The lowest BCUT2D eigenvalue weighted by Gasteiger charge is -2.32. The van der Waals surface area contributed by atoms with Gasteiger partial charge in [-0.15, -0.1) is 0 Å². The van der Waals surface area contributed by atoms with Gasteiger partial charge in [0, 0.05) is 29.4 Å². The third kappa shape index (κ3) is 4.76. The Labute approximate surface area is 199 Å². The van der Waals surface area contributed by atoms with Gasteiger partial charge in [-0.05, 0) is 76.1 Å². The van der Waals surface area contributed by atoms with Crippen molar-refractivity contribution in [3.8, 4) is 5.69 Å². The van der Waals surface area contributed by atoms with E-state index in [2.05, 4.69) is 10.4 Å². The second kappa shape index (κ2) is 9.68. The normalized spacial score (nSPS) is 17.9. The fourth-order valence-corrected chi connectivity index (χ4v) is 6.16. The highest BCUT2D eigenvalue weighted by molar-refractivity contribution is 7.89. The van der Waals surface area contributed by atoms with E-state index in [1.807, 2.05) is 20.8 Å². The van der Waals surface area contributed by atoms with E-state index >= 15 is 0 Å². The van der Waals surface area contributed by atoms with Gasteiger partial charge < -0.3 is 5.32 Å². The van der Waals surface area contributed by atoms with Crippen molar-refractivity contribution in [1.29, 1.82) is 0 Å². The summed E-state index contributed by atoms with van der Waals surface area (Å²) in [6, 6.07) is 11.8. The first kappa shape index (κ1) is 24.1. The van der Waals surface area contributed by atoms with Gasteiger partial charge in [-0.3, -0.25) is 4.79 Å². The summed E-state index contributed by atoms with van der Waals surface area (Å²) in [5.74, 6) is -0.696. The van der Waals surface area contributed by atoms with Crippen LogP contribution in [0.4, 0.5) is 4.39 Å². The van der Waals surface area contributed by atoms with Crippen LogP contribution >= 0.6 is 0 Å². The second-order valence-corrected chi connectivity index (χ2v) is 10.6. The zero-order valence-electron chi connectivity index (χ0n) is 19.5. The number of carbonyl (C=O) groups is 1. The van der Waals surface area contributed by atoms with Crippen molar-refractivity contribution >= 4 is 15.9 Å². The highest BCUT2D eigenvalue weighted by Crippen LogP contribution is 2.26. The largest absolute Gasteiger partial charge is 0.345 e. The standard InChI is InChI=1S/C25H29FN4O3S/c1-17-7-4-5-14-29(17)34(32,33)23-9-6-8-20(15-23)25(31)28-18(2)24-16-27-30(19(24)3)22-12-10-21(26)11-13-22/h6,8-13,15-18H,4-5,7,14H2,1-3H3,(H,28,31). The Bertz CT molecular complexity index is 1290. The van der Waals surface area contributed by atoms with Gasteiger partial charge in [0.1, 0.15) is 5.82 Å². The summed E-state index contributed by atoms with van der Waals surface area (Å²) in [4.78, 5) is 13.1. The molecule has 3 aromatic rings. The van der Waals surface area contributed by atoms with Gasteiger partial charge in [0.2, 0.25) is 10.0 Å². The van der Waals surface area contributed by atoms with Crippen LogP contribution in [-0.4, -0.2) is 41.0 Å². The zero-order valence-corrected chi connectivity index (χ0v) is 20.3. The number of benzene rings is 2. The van der Waals surface area contributed by atoms with E-state index in [4.69, 9.17) is 0 Å². The molecule has 1 aromatic heterocycles. The highest BCUT2D eigenvalue weighted by atomic mass is 32.2. The maximum absolute atomic E-state index is 13.3. The number of carbonyl (C=O) groups excluding carboxylic acids is 1.